The van der Waals surface area contributed by atoms with Gasteiger partial charge in [-0.15, -0.1) is 0 Å². The van der Waals surface area contributed by atoms with Crippen LogP contribution in [0.25, 0.3) is 0 Å². The molecule has 2 rings (SSSR count). The van der Waals surface area contributed by atoms with E-state index >= 15 is 0 Å². The molecule has 0 fully saturated rings. The van der Waals surface area contributed by atoms with Crippen LogP contribution in [-0.4, -0.2) is 38.2 Å². The maximum absolute atomic E-state index is 12.3. The lowest BCUT2D eigenvalue weighted by Crippen LogP contribution is -3.12. The maximum atomic E-state index is 12.3. The van der Waals surface area contributed by atoms with Crippen molar-refractivity contribution in [2.45, 2.75) is 26.9 Å². The molecule has 0 saturated heterocycles. The fraction of sp³-hybridized carbons (Fsp3) is 0.533. The van der Waals surface area contributed by atoms with E-state index in [1.807, 2.05) is 6.07 Å². The van der Waals surface area contributed by atoms with Gasteiger partial charge in [0.25, 0.3) is 5.91 Å². The van der Waals surface area contributed by atoms with Gasteiger partial charge in [-0.2, -0.15) is 0 Å². The average Bonchev–Trinajstić information content (AvgIpc) is 2.44. The topological polar surface area (TPSA) is 34.0 Å². The monoisotopic (exact) mass is 332 g/mol. The van der Waals surface area contributed by atoms with Gasteiger partial charge in [0.1, 0.15) is 5.75 Å². The minimum Gasteiger partial charge on any atom is -1.00 e. The minimum atomic E-state index is -0.435. The van der Waals surface area contributed by atoms with Gasteiger partial charge in [0.05, 0.1) is 31.9 Å². The third-order valence-electron chi connectivity index (χ3n) is 3.82. The Bertz CT molecular complexity index is 493. The van der Waals surface area contributed by atoms with Crippen LogP contribution in [0.1, 0.15) is 20.8 Å². The van der Waals surface area contributed by atoms with Gasteiger partial charge in [0.15, 0.2) is 6.10 Å². The highest BCUT2D eigenvalue weighted by molar-refractivity contribution is 6.31. The molecule has 1 unspecified atom stereocenters. The summed E-state index contributed by atoms with van der Waals surface area (Å²) in [6.07, 6.45) is -0.435. The first-order chi connectivity index (χ1) is 9.56. The second-order valence-electron chi connectivity index (χ2n) is 5.07. The van der Waals surface area contributed by atoms with Crippen molar-refractivity contribution in [3.63, 3.8) is 0 Å². The van der Waals surface area contributed by atoms with Crippen LogP contribution in [0.2, 0.25) is 5.02 Å². The highest BCUT2D eigenvalue weighted by atomic mass is 35.5. The largest absolute Gasteiger partial charge is 1.00 e. The number of nitrogens with one attached hydrogen (secondary N) is 1. The first-order valence-corrected chi connectivity index (χ1v) is 7.55. The summed E-state index contributed by atoms with van der Waals surface area (Å²) in [4.78, 5) is 15.6. The SMILES string of the molecule is CC[NH+](CC)CCN1C(=O)C(C)Oc2ccc(Cl)cc21.[Cl-]. The number of rotatable bonds is 5. The van der Waals surface area contributed by atoms with Crippen LogP contribution in [-0.2, 0) is 4.79 Å². The Kier molecular flexibility index (Phi) is 6.78. The molecule has 1 aliphatic heterocycles. The van der Waals surface area contributed by atoms with Crippen molar-refractivity contribution in [2.75, 3.05) is 31.1 Å². The third-order valence-corrected chi connectivity index (χ3v) is 4.05. The Morgan fingerprint density at radius 1 is 1.33 bits per heavy atom. The van der Waals surface area contributed by atoms with Crippen molar-refractivity contribution in [1.29, 1.82) is 0 Å². The summed E-state index contributed by atoms with van der Waals surface area (Å²) in [6, 6.07) is 5.42. The Morgan fingerprint density at radius 2 is 2.00 bits per heavy atom. The molecule has 118 valence electrons. The molecule has 0 aliphatic carbocycles. The number of nitrogens with zero attached hydrogens (tertiary/aromatic N) is 1. The molecular formula is C15H22Cl2N2O2. The van der Waals surface area contributed by atoms with Crippen LogP contribution >= 0.6 is 11.6 Å². The van der Waals surface area contributed by atoms with Gasteiger partial charge >= 0.3 is 0 Å². The van der Waals surface area contributed by atoms with E-state index in [9.17, 15) is 4.79 Å². The van der Waals surface area contributed by atoms with Crippen molar-refractivity contribution >= 4 is 23.2 Å². The van der Waals surface area contributed by atoms with Gasteiger partial charge < -0.3 is 26.9 Å². The van der Waals surface area contributed by atoms with Gasteiger partial charge in [0, 0.05) is 5.02 Å². The van der Waals surface area contributed by atoms with E-state index in [4.69, 9.17) is 16.3 Å². The Balaban J connectivity index is 0.00000220. The Hall–Kier alpha value is -0.970. The second kappa shape index (κ2) is 7.87. The van der Waals surface area contributed by atoms with E-state index in [2.05, 4.69) is 13.8 Å². The summed E-state index contributed by atoms with van der Waals surface area (Å²) >= 11 is 6.04. The van der Waals surface area contributed by atoms with E-state index in [1.165, 1.54) is 4.90 Å². The van der Waals surface area contributed by atoms with Crippen molar-refractivity contribution in [3.05, 3.63) is 23.2 Å². The van der Waals surface area contributed by atoms with Crippen LogP contribution in [0.5, 0.6) is 5.75 Å². The number of anilines is 1. The summed E-state index contributed by atoms with van der Waals surface area (Å²) in [6.45, 7) is 9.85. The molecule has 6 heteroatoms. The predicted octanol–water partition coefficient (Wildman–Crippen LogP) is -1.62. The van der Waals surface area contributed by atoms with Crippen molar-refractivity contribution in [3.8, 4) is 5.75 Å². The van der Waals surface area contributed by atoms with Gasteiger partial charge in [-0.3, -0.25) is 4.79 Å². The molecule has 1 N–H and O–H groups in total. The Morgan fingerprint density at radius 3 is 2.62 bits per heavy atom. The molecule has 0 radical (unpaired) electrons. The molecule has 21 heavy (non-hydrogen) atoms. The fourth-order valence-electron chi connectivity index (χ4n) is 2.48. The first-order valence-electron chi connectivity index (χ1n) is 7.18. The van der Waals surface area contributed by atoms with E-state index < -0.39 is 6.10 Å². The maximum Gasteiger partial charge on any atom is 0.268 e. The number of ether oxygens (including phenoxy) is 1. The molecule has 0 saturated carbocycles. The average molecular weight is 333 g/mol. The quantitative estimate of drug-likeness (QED) is 0.703. The summed E-state index contributed by atoms with van der Waals surface area (Å²) < 4.78 is 5.63. The lowest BCUT2D eigenvalue weighted by atomic mass is 10.2. The zero-order chi connectivity index (χ0) is 14.7. The summed E-state index contributed by atoms with van der Waals surface area (Å²) in [5, 5.41) is 0.620. The number of carbonyl (C=O) groups is 1. The number of halogens is 2. The number of fused-ring (bicyclic) bond motifs is 1. The molecule has 1 amide bonds. The van der Waals surface area contributed by atoms with E-state index in [0.717, 1.165) is 31.1 Å². The molecule has 1 aliphatic rings. The first kappa shape index (κ1) is 18.1. The molecule has 0 aromatic heterocycles. The molecule has 1 aromatic rings. The number of carbonyl (C=O) groups excluding carboxylic acids is 1. The van der Waals surface area contributed by atoms with Gasteiger partial charge in [0.2, 0.25) is 0 Å². The van der Waals surface area contributed by atoms with Gasteiger partial charge in [-0.25, -0.2) is 0 Å². The number of amides is 1. The molecular weight excluding hydrogens is 311 g/mol. The number of benzene rings is 1. The van der Waals surface area contributed by atoms with E-state index in [0.29, 0.717) is 11.6 Å². The van der Waals surface area contributed by atoms with Gasteiger partial charge in [-0.05, 0) is 39.0 Å². The summed E-state index contributed by atoms with van der Waals surface area (Å²) in [7, 11) is 0. The minimum absolute atomic E-state index is 0. The summed E-state index contributed by atoms with van der Waals surface area (Å²) in [5.74, 6) is 0.738. The number of hydrogen-bond acceptors (Lipinski definition) is 2. The number of quaternary nitrogens is 1. The molecule has 1 heterocycles. The zero-order valence-corrected chi connectivity index (χ0v) is 14.2. The standard InChI is InChI=1S/C15H21ClN2O2.ClH/c1-4-17(5-2)8-9-18-13-10-12(16)6-7-14(13)20-11(3)15(18)19;/h6-7,10-11H,4-5,8-9H2,1-3H3;1H. The highest BCUT2D eigenvalue weighted by Crippen LogP contribution is 2.35. The molecule has 1 aromatic carbocycles. The molecule has 1 atom stereocenters. The lowest BCUT2D eigenvalue weighted by Gasteiger charge is -2.33. The van der Waals surface area contributed by atoms with Crippen molar-refractivity contribution in [1.82, 2.24) is 0 Å². The smallest absolute Gasteiger partial charge is 0.268 e. The van der Waals surface area contributed by atoms with Crippen molar-refractivity contribution < 1.29 is 26.8 Å². The Labute approximate surface area is 137 Å². The van der Waals surface area contributed by atoms with Gasteiger partial charge in [-0.1, -0.05) is 11.6 Å². The third kappa shape index (κ3) is 4.02. The predicted molar refractivity (Wildman–Crippen MR) is 80.8 cm³/mol. The van der Waals surface area contributed by atoms with Crippen molar-refractivity contribution in [2.24, 2.45) is 0 Å². The van der Waals surface area contributed by atoms with E-state index in [-0.39, 0.29) is 18.3 Å². The van der Waals surface area contributed by atoms with Crippen LogP contribution in [0.3, 0.4) is 0 Å². The second-order valence-corrected chi connectivity index (χ2v) is 5.51. The zero-order valence-electron chi connectivity index (χ0n) is 12.7. The summed E-state index contributed by atoms with van der Waals surface area (Å²) in [5.41, 5.74) is 0.784. The molecule has 0 spiro atoms. The van der Waals surface area contributed by atoms with Crippen LogP contribution in [0.4, 0.5) is 5.69 Å². The number of likely N-dealkylation sites (N-methyl/N-ethyl adjacent to an activating group) is 1. The van der Waals surface area contributed by atoms with Crippen LogP contribution in [0.15, 0.2) is 18.2 Å². The van der Waals surface area contributed by atoms with E-state index in [1.54, 1.807) is 24.0 Å². The fourth-order valence-corrected chi connectivity index (χ4v) is 2.65. The van der Waals surface area contributed by atoms with Crippen LogP contribution in [0, 0.1) is 0 Å². The number of hydrogen-bond donors (Lipinski definition) is 1. The molecule has 0 bridgehead atoms. The van der Waals surface area contributed by atoms with Crippen LogP contribution < -0.4 is 26.9 Å². The lowest BCUT2D eigenvalue weighted by molar-refractivity contribution is -0.894. The normalized spacial score (nSPS) is 17.3. The molecule has 4 nitrogen and oxygen atoms in total. The highest BCUT2D eigenvalue weighted by Gasteiger charge is 2.32.